The first-order valence-electron chi connectivity index (χ1n) is 10.0. The molecule has 32 heavy (non-hydrogen) atoms. The van der Waals surface area contributed by atoms with E-state index in [9.17, 15) is 9.59 Å². The Morgan fingerprint density at radius 3 is 2.69 bits per heavy atom. The van der Waals surface area contributed by atoms with E-state index in [-0.39, 0.29) is 17.5 Å². The molecular formula is C24H21BrN2O5. The van der Waals surface area contributed by atoms with E-state index in [1.165, 1.54) is 0 Å². The average Bonchev–Trinajstić information content (AvgIpc) is 3.38. The number of hydrogen-bond donors (Lipinski definition) is 0. The van der Waals surface area contributed by atoms with Gasteiger partial charge in [0.25, 0.3) is 0 Å². The van der Waals surface area contributed by atoms with Gasteiger partial charge in [-0.1, -0.05) is 12.7 Å². The Labute approximate surface area is 194 Å². The Hall–Kier alpha value is -3.39. The molecule has 2 aromatic carbocycles. The maximum atomic E-state index is 12.4. The number of carbonyl (C=O) groups excluding carboxylic acids is 2. The van der Waals surface area contributed by atoms with Gasteiger partial charge in [-0.15, -0.1) is 0 Å². The van der Waals surface area contributed by atoms with Crippen LogP contribution >= 0.6 is 15.9 Å². The van der Waals surface area contributed by atoms with Crippen LogP contribution < -0.4 is 14.4 Å². The zero-order valence-corrected chi connectivity index (χ0v) is 19.1. The van der Waals surface area contributed by atoms with Crippen LogP contribution in [0, 0.1) is 0 Å². The van der Waals surface area contributed by atoms with Crippen molar-refractivity contribution in [3.8, 4) is 11.5 Å². The van der Waals surface area contributed by atoms with E-state index < -0.39 is 5.97 Å². The number of rotatable bonds is 7. The van der Waals surface area contributed by atoms with Gasteiger partial charge in [0.2, 0.25) is 11.8 Å². The second-order valence-corrected chi connectivity index (χ2v) is 8.02. The van der Waals surface area contributed by atoms with E-state index >= 15 is 0 Å². The molecule has 2 aliphatic rings. The lowest BCUT2D eigenvalue weighted by Gasteiger charge is -2.15. The van der Waals surface area contributed by atoms with E-state index in [1.54, 1.807) is 48.4 Å². The fraction of sp³-hybridized carbons (Fsp3) is 0.208. The number of ether oxygens (including phenoxy) is 3. The summed E-state index contributed by atoms with van der Waals surface area (Å²) in [6.07, 6.45) is 4.70. The van der Waals surface area contributed by atoms with Gasteiger partial charge in [0.05, 0.1) is 11.6 Å². The summed E-state index contributed by atoms with van der Waals surface area (Å²) in [5.41, 5.74) is 2.35. The monoisotopic (exact) mass is 496 g/mol. The topological polar surface area (TPSA) is 77.4 Å². The van der Waals surface area contributed by atoms with Crippen LogP contribution in [-0.4, -0.2) is 38.0 Å². The number of cyclic esters (lactones) is 1. The fourth-order valence-corrected chi connectivity index (χ4v) is 4.08. The zero-order valence-electron chi connectivity index (χ0n) is 17.5. The van der Waals surface area contributed by atoms with Crippen LogP contribution in [0.25, 0.3) is 6.08 Å². The van der Waals surface area contributed by atoms with Crippen LogP contribution in [0.4, 0.5) is 5.69 Å². The molecule has 2 aliphatic heterocycles. The largest absolute Gasteiger partial charge is 0.493 e. The van der Waals surface area contributed by atoms with Crippen LogP contribution in [0.2, 0.25) is 0 Å². The van der Waals surface area contributed by atoms with Gasteiger partial charge in [-0.3, -0.25) is 4.79 Å². The summed E-state index contributed by atoms with van der Waals surface area (Å²) in [7, 11) is 1.54. The van der Waals surface area contributed by atoms with Crippen LogP contribution in [0.15, 0.2) is 64.2 Å². The van der Waals surface area contributed by atoms with E-state index in [4.69, 9.17) is 14.2 Å². The van der Waals surface area contributed by atoms with Crippen LogP contribution in [-0.2, 0) is 14.3 Å². The highest BCUT2D eigenvalue weighted by Gasteiger charge is 2.26. The Morgan fingerprint density at radius 2 is 2.03 bits per heavy atom. The number of methoxy groups -OCH3 is 1. The molecular weight excluding hydrogens is 476 g/mol. The van der Waals surface area contributed by atoms with Crippen molar-refractivity contribution >= 4 is 45.5 Å². The van der Waals surface area contributed by atoms with Gasteiger partial charge in [-0.2, -0.15) is 0 Å². The van der Waals surface area contributed by atoms with E-state index in [0.29, 0.717) is 40.1 Å². The highest BCUT2D eigenvalue weighted by molar-refractivity contribution is 9.10. The molecule has 0 N–H and O–H groups in total. The predicted molar refractivity (Wildman–Crippen MR) is 125 cm³/mol. The Bertz CT molecular complexity index is 1140. The fourth-order valence-electron chi connectivity index (χ4n) is 3.50. The second kappa shape index (κ2) is 9.40. The van der Waals surface area contributed by atoms with E-state index in [2.05, 4.69) is 27.5 Å². The lowest BCUT2D eigenvalue weighted by Crippen LogP contribution is -2.23. The van der Waals surface area contributed by atoms with Gasteiger partial charge < -0.3 is 19.1 Å². The summed E-state index contributed by atoms with van der Waals surface area (Å²) in [6, 6.07) is 10.8. The highest BCUT2D eigenvalue weighted by Crippen LogP contribution is 2.37. The summed E-state index contributed by atoms with van der Waals surface area (Å²) in [5, 5.41) is 0. The van der Waals surface area contributed by atoms with E-state index in [0.717, 1.165) is 18.7 Å². The van der Waals surface area contributed by atoms with Gasteiger partial charge in [-0.05, 0) is 70.4 Å². The number of carbonyl (C=O) groups is 2. The highest BCUT2D eigenvalue weighted by atomic mass is 79.9. The molecule has 4 rings (SSSR count). The molecule has 1 amide bonds. The summed E-state index contributed by atoms with van der Waals surface area (Å²) in [5.74, 6) is 0.855. The second-order valence-electron chi connectivity index (χ2n) is 7.17. The smallest absolute Gasteiger partial charge is 0.363 e. The molecule has 2 aromatic rings. The summed E-state index contributed by atoms with van der Waals surface area (Å²) < 4.78 is 17.1. The SMILES string of the molecule is C=CCOc1c(Br)cc(C=C2N=C(c3ccc(N4CCCC4=O)cc3)OC2=O)cc1OC. The molecule has 1 fully saturated rings. The molecule has 0 atom stereocenters. The molecule has 0 spiro atoms. The normalized spacial score (nSPS) is 16.9. The maximum absolute atomic E-state index is 12.4. The third-order valence-corrected chi connectivity index (χ3v) is 5.61. The number of amides is 1. The van der Waals surface area contributed by atoms with Crippen molar-refractivity contribution in [2.45, 2.75) is 12.8 Å². The van der Waals surface area contributed by atoms with Crippen molar-refractivity contribution in [3.05, 3.63) is 70.3 Å². The van der Waals surface area contributed by atoms with Gasteiger partial charge in [0.1, 0.15) is 6.61 Å². The Kier molecular flexibility index (Phi) is 6.41. The molecule has 0 unspecified atom stereocenters. The molecule has 0 radical (unpaired) electrons. The molecule has 0 aromatic heterocycles. The first-order chi connectivity index (χ1) is 15.5. The van der Waals surface area contributed by atoms with Crippen LogP contribution in [0.5, 0.6) is 11.5 Å². The molecule has 1 saturated heterocycles. The van der Waals surface area contributed by atoms with Crippen molar-refractivity contribution < 1.29 is 23.8 Å². The summed E-state index contributed by atoms with van der Waals surface area (Å²) in [4.78, 5) is 30.4. The molecule has 8 heteroatoms. The van der Waals surface area contributed by atoms with Gasteiger partial charge in [0.15, 0.2) is 17.2 Å². The van der Waals surface area contributed by atoms with Crippen molar-refractivity contribution in [3.63, 3.8) is 0 Å². The summed E-state index contributed by atoms with van der Waals surface area (Å²) in [6.45, 7) is 4.69. The molecule has 2 heterocycles. The number of halogens is 1. The lowest BCUT2D eigenvalue weighted by molar-refractivity contribution is -0.130. The minimum absolute atomic E-state index is 0.120. The van der Waals surface area contributed by atoms with Crippen LogP contribution in [0.1, 0.15) is 24.0 Å². The van der Waals surface area contributed by atoms with Crippen molar-refractivity contribution in [1.82, 2.24) is 0 Å². The van der Waals surface area contributed by atoms with Gasteiger partial charge in [-0.25, -0.2) is 9.79 Å². The standard InChI is InChI=1S/C24H21BrN2O5/c1-3-11-31-22-18(25)12-15(14-20(22)30-2)13-19-24(29)32-23(26-19)16-6-8-17(9-7-16)27-10-4-5-21(27)28/h3,6-9,12-14H,1,4-5,10-11H2,2H3. The molecule has 0 saturated carbocycles. The first-order valence-corrected chi connectivity index (χ1v) is 10.8. The number of anilines is 1. The number of benzene rings is 2. The van der Waals surface area contributed by atoms with Crippen molar-refractivity contribution in [2.75, 3.05) is 25.2 Å². The maximum Gasteiger partial charge on any atom is 0.363 e. The Morgan fingerprint density at radius 1 is 1.25 bits per heavy atom. The molecule has 0 bridgehead atoms. The zero-order chi connectivity index (χ0) is 22.7. The number of aliphatic imine (C=N–C) groups is 1. The number of nitrogens with zero attached hydrogens (tertiary/aromatic N) is 2. The molecule has 0 aliphatic carbocycles. The number of hydrogen-bond acceptors (Lipinski definition) is 6. The first kappa shape index (κ1) is 21.8. The minimum Gasteiger partial charge on any atom is -0.493 e. The van der Waals surface area contributed by atoms with Crippen LogP contribution in [0.3, 0.4) is 0 Å². The quantitative estimate of drug-likeness (QED) is 0.320. The van der Waals surface area contributed by atoms with Crippen molar-refractivity contribution in [1.29, 1.82) is 0 Å². The summed E-state index contributed by atoms with van der Waals surface area (Å²) >= 11 is 3.47. The van der Waals surface area contributed by atoms with E-state index in [1.807, 2.05) is 12.1 Å². The minimum atomic E-state index is -0.541. The van der Waals surface area contributed by atoms with Crippen molar-refractivity contribution in [2.24, 2.45) is 4.99 Å². The third-order valence-electron chi connectivity index (χ3n) is 5.02. The average molecular weight is 497 g/mol. The Balaban J connectivity index is 1.58. The molecule has 7 nitrogen and oxygen atoms in total. The third kappa shape index (κ3) is 4.45. The number of esters is 1. The predicted octanol–water partition coefficient (Wildman–Crippen LogP) is 4.49. The molecule has 164 valence electrons. The lowest BCUT2D eigenvalue weighted by atomic mass is 10.1. The van der Waals surface area contributed by atoms with Gasteiger partial charge >= 0.3 is 5.97 Å². The van der Waals surface area contributed by atoms with Gasteiger partial charge in [0, 0.05) is 24.2 Å².